The summed E-state index contributed by atoms with van der Waals surface area (Å²) < 4.78 is 5.04. The average Bonchev–Trinajstić information content (AvgIpc) is 2.15. The molecule has 0 aliphatic heterocycles. The molecular weight excluding hydrogens is 156 g/mol. The Morgan fingerprint density at radius 1 is 1.58 bits per heavy atom. The molecule has 0 spiro atoms. The van der Waals surface area contributed by atoms with E-state index < -0.39 is 5.41 Å². The molecule has 1 aliphatic carbocycles. The Morgan fingerprint density at radius 3 is 2.50 bits per heavy atom. The minimum absolute atomic E-state index is 0.189. The topological polar surface area (TPSA) is 43.4 Å². The summed E-state index contributed by atoms with van der Waals surface area (Å²) in [6.07, 6.45) is 0.985. The van der Waals surface area contributed by atoms with Crippen LogP contribution in [0, 0.1) is 5.41 Å². The second kappa shape index (κ2) is 2.88. The van der Waals surface area contributed by atoms with E-state index in [4.69, 9.17) is 4.74 Å². The largest absolute Gasteiger partial charge is 0.462 e. The zero-order chi connectivity index (χ0) is 9.35. The van der Waals surface area contributed by atoms with E-state index in [2.05, 4.69) is 0 Å². The van der Waals surface area contributed by atoms with Crippen molar-refractivity contribution in [2.45, 2.75) is 39.7 Å². The summed E-state index contributed by atoms with van der Waals surface area (Å²) in [6.45, 7) is 5.03. The summed E-state index contributed by atoms with van der Waals surface area (Å²) in [6, 6.07) is 0. The van der Waals surface area contributed by atoms with Gasteiger partial charge in [-0.05, 0) is 20.3 Å². The fourth-order valence-electron chi connectivity index (χ4n) is 1.53. The molecule has 0 N–H and O–H groups in total. The molecule has 0 heterocycles. The maximum Gasteiger partial charge on any atom is 0.302 e. The third-order valence-corrected chi connectivity index (χ3v) is 2.47. The van der Waals surface area contributed by atoms with Crippen LogP contribution < -0.4 is 0 Å². The Balaban J connectivity index is 2.68. The lowest BCUT2D eigenvalue weighted by Crippen LogP contribution is -2.32. The molecule has 0 aromatic heterocycles. The predicted octanol–water partition coefficient (Wildman–Crippen LogP) is 1.31. The normalized spacial score (nSPS) is 27.2. The Labute approximate surface area is 72.1 Å². The second-order valence-electron chi connectivity index (χ2n) is 3.78. The molecule has 0 radical (unpaired) electrons. The smallest absolute Gasteiger partial charge is 0.302 e. The molecule has 68 valence electrons. The lowest BCUT2D eigenvalue weighted by atomic mass is 9.88. The fourth-order valence-corrected chi connectivity index (χ4v) is 1.53. The van der Waals surface area contributed by atoms with Gasteiger partial charge in [0.1, 0.15) is 11.9 Å². The number of hydrogen-bond donors (Lipinski definition) is 0. The molecule has 3 heteroatoms. The van der Waals surface area contributed by atoms with Gasteiger partial charge in [-0.1, -0.05) is 0 Å². The van der Waals surface area contributed by atoms with Gasteiger partial charge in [0.05, 0.1) is 5.41 Å². The number of carbonyl (C=O) groups excluding carboxylic acids is 2. The van der Waals surface area contributed by atoms with E-state index in [9.17, 15) is 9.59 Å². The quantitative estimate of drug-likeness (QED) is 0.557. The molecule has 1 aliphatic rings. The highest BCUT2D eigenvalue weighted by atomic mass is 16.5. The van der Waals surface area contributed by atoms with Crippen molar-refractivity contribution >= 4 is 11.8 Å². The van der Waals surface area contributed by atoms with Gasteiger partial charge >= 0.3 is 5.97 Å². The van der Waals surface area contributed by atoms with Crippen LogP contribution in [0.25, 0.3) is 0 Å². The van der Waals surface area contributed by atoms with Crippen molar-refractivity contribution in [2.75, 3.05) is 0 Å². The molecule has 1 saturated carbocycles. The van der Waals surface area contributed by atoms with E-state index in [-0.39, 0.29) is 17.9 Å². The number of carbonyl (C=O) groups is 2. The van der Waals surface area contributed by atoms with Gasteiger partial charge in [0.2, 0.25) is 0 Å². The van der Waals surface area contributed by atoms with Crippen LogP contribution in [0.5, 0.6) is 0 Å². The lowest BCUT2D eigenvalue weighted by Gasteiger charge is -2.24. The van der Waals surface area contributed by atoms with Gasteiger partial charge in [0, 0.05) is 13.3 Å². The zero-order valence-corrected chi connectivity index (χ0v) is 7.72. The van der Waals surface area contributed by atoms with Crippen molar-refractivity contribution in [3.63, 3.8) is 0 Å². The van der Waals surface area contributed by atoms with Crippen LogP contribution in [0.4, 0.5) is 0 Å². The van der Waals surface area contributed by atoms with Crippen LogP contribution in [0.15, 0.2) is 0 Å². The Kier molecular flexibility index (Phi) is 2.22. The van der Waals surface area contributed by atoms with Gasteiger partial charge in [0.25, 0.3) is 0 Å². The highest BCUT2D eigenvalue weighted by Crippen LogP contribution is 2.36. The van der Waals surface area contributed by atoms with Crippen LogP contribution in [-0.4, -0.2) is 17.9 Å². The van der Waals surface area contributed by atoms with E-state index >= 15 is 0 Å². The summed E-state index contributed by atoms with van der Waals surface area (Å²) in [7, 11) is 0. The van der Waals surface area contributed by atoms with Crippen molar-refractivity contribution < 1.29 is 14.3 Å². The lowest BCUT2D eigenvalue weighted by molar-refractivity contribution is -0.152. The first-order valence-corrected chi connectivity index (χ1v) is 4.15. The van der Waals surface area contributed by atoms with Crippen LogP contribution in [0.1, 0.15) is 33.6 Å². The first-order valence-electron chi connectivity index (χ1n) is 4.15. The number of esters is 1. The van der Waals surface area contributed by atoms with Crippen molar-refractivity contribution in [1.82, 2.24) is 0 Å². The van der Waals surface area contributed by atoms with Crippen LogP contribution in [0.2, 0.25) is 0 Å². The van der Waals surface area contributed by atoms with Gasteiger partial charge in [-0.25, -0.2) is 0 Å². The van der Waals surface area contributed by atoms with Gasteiger partial charge in [-0.2, -0.15) is 0 Å². The Morgan fingerprint density at radius 2 is 2.17 bits per heavy atom. The standard InChI is InChI=1S/C9H14O3/c1-6(10)12-8-5-4-7(11)9(8,2)3/h8H,4-5H2,1-3H3/t8-/m0/s1. The van der Waals surface area contributed by atoms with Gasteiger partial charge < -0.3 is 4.74 Å². The summed E-state index contributed by atoms with van der Waals surface area (Å²) in [4.78, 5) is 22.0. The maximum absolute atomic E-state index is 11.3. The molecule has 1 fully saturated rings. The molecule has 0 saturated heterocycles. The molecule has 0 unspecified atom stereocenters. The van der Waals surface area contributed by atoms with Gasteiger partial charge in [0.15, 0.2) is 0 Å². The molecule has 0 amide bonds. The fraction of sp³-hybridized carbons (Fsp3) is 0.778. The number of ketones is 1. The summed E-state index contributed by atoms with van der Waals surface area (Å²) in [5.74, 6) is -0.114. The molecule has 12 heavy (non-hydrogen) atoms. The van der Waals surface area contributed by atoms with Crippen molar-refractivity contribution in [1.29, 1.82) is 0 Å². The molecule has 3 nitrogen and oxygen atoms in total. The molecule has 1 atom stereocenters. The van der Waals surface area contributed by atoms with Crippen molar-refractivity contribution in [3.05, 3.63) is 0 Å². The van der Waals surface area contributed by atoms with Gasteiger partial charge in [-0.3, -0.25) is 9.59 Å². The number of rotatable bonds is 1. The first kappa shape index (κ1) is 9.23. The monoisotopic (exact) mass is 170 g/mol. The van der Waals surface area contributed by atoms with Crippen LogP contribution in [-0.2, 0) is 14.3 Å². The minimum atomic E-state index is -0.480. The minimum Gasteiger partial charge on any atom is -0.462 e. The summed E-state index contributed by atoms with van der Waals surface area (Å²) in [5.41, 5.74) is -0.480. The zero-order valence-electron chi connectivity index (χ0n) is 7.72. The van der Waals surface area contributed by atoms with Crippen molar-refractivity contribution in [2.24, 2.45) is 5.41 Å². The highest BCUT2D eigenvalue weighted by molar-refractivity contribution is 5.87. The van der Waals surface area contributed by atoms with Crippen LogP contribution in [0.3, 0.4) is 0 Å². The highest BCUT2D eigenvalue weighted by Gasteiger charge is 2.44. The van der Waals surface area contributed by atoms with E-state index in [1.54, 1.807) is 0 Å². The van der Waals surface area contributed by atoms with Gasteiger partial charge in [-0.15, -0.1) is 0 Å². The Bertz CT molecular complexity index is 218. The van der Waals surface area contributed by atoms with Crippen LogP contribution >= 0.6 is 0 Å². The average molecular weight is 170 g/mol. The number of Topliss-reactive ketones (excluding diaryl/α,β-unsaturated/α-hetero) is 1. The molecule has 0 aromatic carbocycles. The molecular formula is C9H14O3. The van der Waals surface area contributed by atoms with E-state index in [0.29, 0.717) is 12.8 Å². The predicted molar refractivity (Wildman–Crippen MR) is 43.6 cm³/mol. The molecule has 1 rings (SSSR count). The first-order chi connectivity index (χ1) is 5.44. The number of hydrogen-bond acceptors (Lipinski definition) is 3. The van der Waals surface area contributed by atoms with Crippen molar-refractivity contribution in [3.8, 4) is 0 Å². The third-order valence-electron chi connectivity index (χ3n) is 2.47. The Hall–Kier alpha value is -0.860. The molecule has 0 aromatic rings. The van der Waals surface area contributed by atoms with E-state index in [1.807, 2.05) is 13.8 Å². The van der Waals surface area contributed by atoms with E-state index in [1.165, 1.54) is 6.92 Å². The summed E-state index contributed by atoms with van der Waals surface area (Å²) in [5, 5.41) is 0. The van der Waals surface area contributed by atoms with E-state index in [0.717, 1.165) is 0 Å². The molecule has 0 bridgehead atoms. The maximum atomic E-state index is 11.3. The second-order valence-corrected chi connectivity index (χ2v) is 3.78. The summed E-state index contributed by atoms with van der Waals surface area (Å²) >= 11 is 0. The SMILES string of the molecule is CC(=O)O[C@H]1CCC(=O)C1(C)C. The number of ether oxygens (including phenoxy) is 1. The third kappa shape index (κ3) is 1.49.